The zero-order chi connectivity index (χ0) is 23.4. The molecule has 0 bridgehead atoms. The summed E-state index contributed by atoms with van der Waals surface area (Å²) in [5.41, 5.74) is -0.332. The van der Waals surface area contributed by atoms with E-state index in [0.717, 1.165) is 24.6 Å². The average Bonchev–Trinajstić information content (AvgIpc) is 3.02. The molecule has 1 fully saturated rings. The molecule has 1 amide bonds. The molecule has 1 aliphatic heterocycles. The maximum absolute atomic E-state index is 12.5. The summed E-state index contributed by atoms with van der Waals surface area (Å²) in [5.74, 6) is 0.0882. The highest BCUT2D eigenvalue weighted by Gasteiger charge is 2.31. The van der Waals surface area contributed by atoms with Crippen LogP contribution in [0.25, 0.3) is 6.08 Å². The van der Waals surface area contributed by atoms with Crippen molar-refractivity contribution >= 4 is 51.7 Å². The van der Waals surface area contributed by atoms with Crippen molar-refractivity contribution in [3.63, 3.8) is 0 Å². The van der Waals surface area contributed by atoms with Crippen LogP contribution in [0, 0.1) is 20.2 Å². The third-order valence-electron chi connectivity index (χ3n) is 4.38. The Labute approximate surface area is 192 Å². The van der Waals surface area contributed by atoms with Crippen molar-refractivity contribution in [3.05, 3.63) is 67.1 Å². The molecule has 2 aromatic rings. The molecule has 0 aliphatic carbocycles. The van der Waals surface area contributed by atoms with E-state index >= 15 is 0 Å². The molecule has 12 heteroatoms. The summed E-state index contributed by atoms with van der Waals surface area (Å²) in [6, 6.07) is 7.89. The predicted molar refractivity (Wildman–Crippen MR) is 123 cm³/mol. The lowest BCUT2D eigenvalue weighted by Crippen LogP contribution is -2.28. The Hall–Kier alpha value is -3.51. The predicted octanol–water partition coefficient (Wildman–Crippen LogP) is 4.92. The SMILES string of the molecule is CCCN1C(=O)/C(=C/c2ccc(Oc3ccc([N+](=O)[O-])cc3[N+](=O)[O-])c(OC)c2)SC1=S. The van der Waals surface area contributed by atoms with Gasteiger partial charge in [-0.3, -0.25) is 29.9 Å². The van der Waals surface area contributed by atoms with E-state index in [0.29, 0.717) is 21.3 Å². The van der Waals surface area contributed by atoms with Crippen LogP contribution in [-0.4, -0.2) is 38.6 Å². The molecule has 1 aliphatic rings. The van der Waals surface area contributed by atoms with Crippen LogP contribution in [0.4, 0.5) is 11.4 Å². The second-order valence-corrected chi connectivity index (χ2v) is 8.19. The van der Waals surface area contributed by atoms with Gasteiger partial charge < -0.3 is 9.47 Å². The van der Waals surface area contributed by atoms with E-state index in [1.807, 2.05) is 6.92 Å². The van der Waals surface area contributed by atoms with Crippen LogP contribution in [0.15, 0.2) is 41.3 Å². The Morgan fingerprint density at radius 1 is 1.09 bits per heavy atom. The van der Waals surface area contributed by atoms with Gasteiger partial charge in [0.25, 0.3) is 11.6 Å². The normalized spacial score (nSPS) is 14.7. The second-order valence-electron chi connectivity index (χ2n) is 6.51. The number of amides is 1. The number of thiocarbonyl (C=S) groups is 1. The molecular weight excluding hydrogens is 458 g/mol. The van der Waals surface area contributed by atoms with Gasteiger partial charge in [-0.2, -0.15) is 0 Å². The Morgan fingerprint density at radius 3 is 2.44 bits per heavy atom. The second kappa shape index (κ2) is 9.75. The van der Waals surface area contributed by atoms with Gasteiger partial charge in [-0.15, -0.1) is 0 Å². The fourth-order valence-corrected chi connectivity index (χ4v) is 4.20. The summed E-state index contributed by atoms with van der Waals surface area (Å²) in [4.78, 5) is 35.3. The van der Waals surface area contributed by atoms with Crippen LogP contribution < -0.4 is 9.47 Å². The minimum atomic E-state index is -0.762. The lowest BCUT2D eigenvalue weighted by molar-refractivity contribution is -0.394. The number of carbonyl (C=O) groups is 1. The van der Waals surface area contributed by atoms with Gasteiger partial charge >= 0.3 is 5.69 Å². The van der Waals surface area contributed by atoms with Gasteiger partial charge in [0.2, 0.25) is 5.75 Å². The van der Waals surface area contributed by atoms with E-state index in [2.05, 4.69) is 0 Å². The van der Waals surface area contributed by atoms with Crippen LogP contribution in [-0.2, 0) is 4.79 Å². The van der Waals surface area contributed by atoms with Gasteiger partial charge in [0, 0.05) is 12.6 Å². The molecule has 0 N–H and O–H groups in total. The number of methoxy groups -OCH3 is 1. The summed E-state index contributed by atoms with van der Waals surface area (Å²) in [6.07, 6.45) is 2.46. The minimum absolute atomic E-state index is 0.164. The number of rotatable bonds is 8. The number of thioether (sulfide) groups is 1. The number of carbonyl (C=O) groups excluding carboxylic acids is 1. The topological polar surface area (TPSA) is 125 Å². The van der Waals surface area contributed by atoms with Crippen LogP contribution in [0.5, 0.6) is 17.2 Å². The molecule has 0 aromatic heterocycles. The Morgan fingerprint density at radius 2 is 1.81 bits per heavy atom. The Kier molecular flexibility index (Phi) is 7.05. The third kappa shape index (κ3) is 4.86. The van der Waals surface area contributed by atoms with Crippen LogP contribution in [0.3, 0.4) is 0 Å². The number of non-ortho nitro benzene ring substituents is 1. The molecular formula is C20H17N3O7S2. The average molecular weight is 476 g/mol. The highest BCUT2D eigenvalue weighted by atomic mass is 32.2. The van der Waals surface area contributed by atoms with E-state index in [1.165, 1.54) is 24.9 Å². The van der Waals surface area contributed by atoms with Crippen molar-refractivity contribution in [3.8, 4) is 17.2 Å². The molecule has 0 radical (unpaired) electrons. The van der Waals surface area contributed by atoms with E-state index in [4.69, 9.17) is 21.7 Å². The van der Waals surface area contributed by atoms with Crippen LogP contribution in [0.1, 0.15) is 18.9 Å². The van der Waals surface area contributed by atoms with Crippen LogP contribution in [0.2, 0.25) is 0 Å². The van der Waals surface area contributed by atoms with Gasteiger partial charge in [0.15, 0.2) is 11.5 Å². The first-order chi connectivity index (χ1) is 15.2. The number of hydrogen-bond acceptors (Lipinski definition) is 9. The molecule has 0 unspecified atom stereocenters. The number of hydrogen-bond donors (Lipinski definition) is 0. The summed E-state index contributed by atoms with van der Waals surface area (Å²) >= 11 is 6.47. The maximum Gasteiger partial charge on any atom is 0.318 e. The van der Waals surface area contributed by atoms with Crippen molar-refractivity contribution in [1.29, 1.82) is 0 Å². The molecule has 3 rings (SSSR count). The molecule has 166 valence electrons. The van der Waals surface area contributed by atoms with Crippen molar-refractivity contribution in [2.75, 3.05) is 13.7 Å². The number of nitrogens with zero attached hydrogens (tertiary/aromatic N) is 3. The van der Waals surface area contributed by atoms with E-state index < -0.39 is 21.2 Å². The molecule has 2 aromatic carbocycles. The Bertz CT molecular complexity index is 1150. The van der Waals surface area contributed by atoms with E-state index in [9.17, 15) is 25.0 Å². The lowest BCUT2D eigenvalue weighted by atomic mass is 10.1. The fourth-order valence-electron chi connectivity index (χ4n) is 2.89. The van der Waals surface area contributed by atoms with E-state index in [1.54, 1.807) is 23.1 Å². The molecule has 0 atom stereocenters. The zero-order valence-electron chi connectivity index (χ0n) is 17.0. The molecule has 10 nitrogen and oxygen atoms in total. The lowest BCUT2D eigenvalue weighted by Gasteiger charge is -2.12. The summed E-state index contributed by atoms with van der Waals surface area (Å²) in [6.45, 7) is 2.51. The van der Waals surface area contributed by atoms with Crippen molar-refractivity contribution in [2.45, 2.75) is 13.3 Å². The van der Waals surface area contributed by atoms with Crippen LogP contribution >= 0.6 is 24.0 Å². The van der Waals surface area contributed by atoms with E-state index in [-0.39, 0.29) is 23.2 Å². The highest BCUT2D eigenvalue weighted by Crippen LogP contribution is 2.39. The molecule has 1 saturated heterocycles. The summed E-state index contributed by atoms with van der Waals surface area (Å²) in [5, 5.41) is 22.2. The van der Waals surface area contributed by atoms with Gasteiger partial charge in [-0.05, 0) is 36.3 Å². The van der Waals surface area contributed by atoms with Gasteiger partial charge in [0.1, 0.15) is 4.32 Å². The maximum atomic E-state index is 12.5. The van der Waals surface area contributed by atoms with Crippen molar-refractivity contribution in [2.24, 2.45) is 0 Å². The van der Waals surface area contributed by atoms with Gasteiger partial charge in [0.05, 0.1) is 27.9 Å². The fraction of sp³-hybridized carbons (Fsp3) is 0.200. The van der Waals surface area contributed by atoms with Gasteiger partial charge in [-0.1, -0.05) is 37.0 Å². The first-order valence-electron chi connectivity index (χ1n) is 9.29. The Balaban J connectivity index is 1.90. The zero-order valence-corrected chi connectivity index (χ0v) is 18.6. The number of ether oxygens (including phenoxy) is 2. The monoisotopic (exact) mass is 475 g/mol. The molecule has 0 spiro atoms. The van der Waals surface area contributed by atoms with Crippen molar-refractivity contribution in [1.82, 2.24) is 4.90 Å². The first-order valence-corrected chi connectivity index (χ1v) is 10.5. The largest absolute Gasteiger partial charge is 0.493 e. The van der Waals surface area contributed by atoms with Crippen molar-refractivity contribution < 1.29 is 24.1 Å². The molecule has 32 heavy (non-hydrogen) atoms. The smallest absolute Gasteiger partial charge is 0.318 e. The third-order valence-corrected chi connectivity index (χ3v) is 5.75. The first kappa shape index (κ1) is 23.2. The molecule has 1 heterocycles. The molecule has 0 saturated carbocycles. The number of nitro groups is 2. The number of benzene rings is 2. The summed E-state index contributed by atoms with van der Waals surface area (Å²) in [7, 11) is 1.40. The minimum Gasteiger partial charge on any atom is -0.493 e. The standard InChI is InChI=1S/C20H17N3O7S2/c1-3-8-21-19(24)18(32-20(21)31)10-12-4-6-16(17(9-12)29-2)30-15-7-5-13(22(25)26)11-14(15)23(27)28/h4-7,9-11H,3,8H2,1-2H3/b18-10-. The summed E-state index contributed by atoms with van der Waals surface area (Å²) < 4.78 is 11.5. The highest BCUT2D eigenvalue weighted by molar-refractivity contribution is 8.26. The quantitative estimate of drug-likeness (QED) is 0.226. The number of nitro benzene ring substituents is 2. The van der Waals surface area contributed by atoms with Gasteiger partial charge in [-0.25, -0.2) is 0 Å².